The molecule has 3 N–H and O–H groups in total. The van der Waals surface area contributed by atoms with Crippen molar-refractivity contribution in [2.75, 3.05) is 12.9 Å². The van der Waals surface area contributed by atoms with Crippen LogP contribution in [0.5, 0.6) is 0 Å². The number of aliphatic hydroxyl groups excluding tert-OH is 1. The predicted molar refractivity (Wildman–Crippen MR) is 94.3 cm³/mol. The van der Waals surface area contributed by atoms with Gasteiger partial charge in [0.1, 0.15) is 4.75 Å². The molecule has 1 atom stereocenters. The van der Waals surface area contributed by atoms with Crippen molar-refractivity contribution < 1.29 is 23.5 Å². The van der Waals surface area contributed by atoms with E-state index in [1.165, 1.54) is 12.4 Å². The molecule has 0 aliphatic carbocycles. The van der Waals surface area contributed by atoms with E-state index in [1.807, 2.05) is 0 Å². The molecule has 1 aromatic rings. The number of benzene rings is 1. The number of aliphatic hydroxyl groups is 1. The van der Waals surface area contributed by atoms with Crippen LogP contribution in [-0.2, 0) is 21.1 Å². The molecule has 1 amide bonds. The Kier molecular flexibility index (Phi) is 7.66. The van der Waals surface area contributed by atoms with Crippen LogP contribution < -0.4 is 5.48 Å². The number of carbonyl (C=O) groups excluding carboxylic acids is 1. The third-order valence-corrected chi connectivity index (χ3v) is 5.87. The summed E-state index contributed by atoms with van der Waals surface area (Å²) in [5, 5.41) is 17.4. The van der Waals surface area contributed by atoms with Crippen LogP contribution in [0.15, 0.2) is 24.3 Å². The van der Waals surface area contributed by atoms with E-state index in [9.17, 15) is 13.2 Å². The zero-order valence-electron chi connectivity index (χ0n) is 14.2. The number of aryl methyl sites for hydroxylation is 1. The average molecular weight is 363 g/mol. The molecule has 7 heteroatoms. The van der Waals surface area contributed by atoms with Gasteiger partial charge in [-0.05, 0) is 49.3 Å². The number of sulfone groups is 1. The highest BCUT2D eigenvalue weighted by Crippen LogP contribution is 2.23. The lowest BCUT2D eigenvalue weighted by Gasteiger charge is -2.25. The van der Waals surface area contributed by atoms with Gasteiger partial charge in [-0.1, -0.05) is 24.0 Å². The summed E-state index contributed by atoms with van der Waals surface area (Å²) in [4.78, 5) is 11.8. The summed E-state index contributed by atoms with van der Waals surface area (Å²) in [5.41, 5.74) is 3.03. The molecular formula is C18H21NO5S. The minimum absolute atomic E-state index is 0.00405. The first-order valence-corrected chi connectivity index (χ1v) is 9.46. The maximum Gasteiger partial charge on any atom is 0.264 e. The van der Waals surface area contributed by atoms with E-state index in [1.54, 1.807) is 24.3 Å². The number of hydroxylamine groups is 1. The normalized spacial score (nSPS) is 12.8. The molecule has 25 heavy (non-hydrogen) atoms. The van der Waals surface area contributed by atoms with Crippen molar-refractivity contribution in [3.05, 3.63) is 35.4 Å². The Bertz CT molecular complexity index is 822. The third kappa shape index (κ3) is 5.91. The molecule has 134 valence electrons. The molecule has 1 aromatic carbocycles. The van der Waals surface area contributed by atoms with Crippen molar-refractivity contribution in [3.63, 3.8) is 0 Å². The van der Waals surface area contributed by atoms with E-state index < -0.39 is 20.5 Å². The van der Waals surface area contributed by atoms with Crippen molar-refractivity contribution in [3.8, 4) is 23.7 Å². The Labute approximate surface area is 148 Å². The first-order valence-electron chi connectivity index (χ1n) is 7.57. The van der Waals surface area contributed by atoms with Gasteiger partial charge in [-0.15, -0.1) is 0 Å². The summed E-state index contributed by atoms with van der Waals surface area (Å²) < 4.78 is 22.1. The van der Waals surface area contributed by atoms with E-state index in [0.29, 0.717) is 12.8 Å². The summed E-state index contributed by atoms with van der Waals surface area (Å²) in [5.74, 6) is 9.90. The van der Waals surface area contributed by atoms with E-state index in [2.05, 4.69) is 23.7 Å². The fourth-order valence-electron chi connectivity index (χ4n) is 1.99. The number of amides is 1. The third-order valence-electron chi connectivity index (χ3n) is 3.84. The predicted octanol–water partition coefficient (Wildman–Crippen LogP) is 0.665. The highest BCUT2D eigenvalue weighted by molar-refractivity contribution is 7.92. The number of rotatable bonds is 6. The average Bonchev–Trinajstić information content (AvgIpc) is 2.58. The van der Waals surface area contributed by atoms with E-state index >= 15 is 0 Å². The smallest absolute Gasteiger partial charge is 0.264 e. The molecule has 0 spiro atoms. The first-order chi connectivity index (χ1) is 11.7. The van der Waals surface area contributed by atoms with E-state index in [4.69, 9.17) is 10.3 Å². The van der Waals surface area contributed by atoms with Crippen molar-refractivity contribution in [2.45, 2.75) is 30.9 Å². The molecular weight excluding hydrogens is 342 g/mol. The van der Waals surface area contributed by atoms with Crippen LogP contribution in [0.3, 0.4) is 0 Å². The summed E-state index contributed by atoms with van der Waals surface area (Å²) in [6.45, 7) is 1.29. The zero-order valence-corrected chi connectivity index (χ0v) is 15.0. The molecule has 0 fully saturated rings. The van der Waals surface area contributed by atoms with Crippen LogP contribution in [0.1, 0.15) is 30.9 Å². The zero-order chi connectivity index (χ0) is 18.9. The van der Waals surface area contributed by atoms with Crippen molar-refractivity contribution in [2.24, 2.45) is 0 Å². The fraction of sp³-hybridized carbons (Fsp3) is 0.389. The summed E-state index contributed by atoms with van der Waals surface area (Å²) >= 11 is 0. The van der Waals surface area contributed by atoms with Crippen LogP contribution >= 0.6 is 0 Å². The Morgan fingerprint density at radius 1 is 1.24 bits per heavy atom. The van der Waals surface area contributed by atoms with Gasteiger partial charge in [0.15, 0.2) is 9.84 Å². The number of nitrogens with one attached hydrogen (secondary N) is 1. The maximum absolute atomic E-state index is 11.9. The van der Waals surface area contributed by atoms with Gasteiger partial charge in [-0.2, -0.15) is 0 Å². The molecule has 0 aliphatic heterocycles. The quantitative estimate of drug-likeness (QED) is 0.391. The number of hydrogen-bond acceptors (Lipinski definition) is 5. The van der Waals surface area contributed by atoms with Gasteiger partial charge < -0.3 is 5.11 Å². The Morgan fingerprint density at radius 3 is 2.40 bits per heavy atom. The molecule has 0 saturated heterocycles. The van der Waals surface area contributed by atoms with Crippen molar-refractivity contribution in [1.29, 1.82) is 0 Å². The molecule has 0 aromatic heterocycles. The topological polar surface area (TPSA) is 104 Å². The van der Waals surface area contributed by atoms with Crippen LogP contribution in [0.25, 0.3) is 0 Å². The van der Waals surface area contributed by atoms with Gasteiger partial charge in [-0.3, -0.25) is 10.0 Å². The molecule has 1 unspecified atom stereocenters. The largest absolute Gasteiger partial charge is 0.395 e. The number of carbonyl (C=O) groups is 1. The summed E-state index contributed by atoms with van der Waals surface area (Å²) in [6.07, 6.45) is 1.74. The monoisotopic (exact) mass is 363 g/mol. The number of hydrogen-bond donors (Lipinski definition) is 3. The highest BCUT2D eigenvalue weighted by atomic mass is 32.2. The Hall–Kier alpha value is -2.32. The Balaban J connectivity index is 2.81. The lowest BCUT2D eigenvalue weighted by Crippen LogP contribution is -2.49. The molecule has 0 heterocycles. The summed E-state index contributed by atoms with van der Waals surface area (Å²) in [6, 6.07) is 7.15. The molecule has 6 nitrogen and oxygen atoms in total. The van der Waals surface area contributed by atoms with Crippen LogP contribution in [-0.4, -0.2) is 42.2 Å². The minimum atomic E-state index is -3.70. The fourth-order valence-corrected chi connectivity index (χ4v) is 2.84. The maximum atomic E-state index is 11.9. The Morgan fingerprint density at radius 2 is 1.88 bits per heavy atom. The standard InChI is InChI=1S/C18H21NO5S/c1-18(17(21)19-22,25(2,23)24)13-12-16-10-8-15(9-11-16)7-5-3-4-6-14-20/h8-11,20,22H,6,12-14H2,1-2H3,(H,19,21). The van der Waals surface area contributed by atoms with Gasteiger partial charge in [-0.25, -0.2) is 13.9 Å². The molecule has 1 rings (SSSR count). The second-order valence-electron chi connectivity index (χ2n) is 5.67. The lowest BCUT2D eigenvalue weighted by atomic mass is 9.99. The van der Waals surface area contributed by atoms with Crippen LogP contribution in [0.2, 0.25) is 0 Å². The molecule has 0 saturated carbocycles. The van der Waals surface area contributed by atoms with E-state index in [0.717, 1.165) is 17.4 Å². The van der Waals surface area contributed by atoms with E-state index in [-0.39, 0.29) is 13.0 Å². The van der Waals surface area contributed by atoms with Crippen LogP contribution in [0, 0.1) is 23.7 Å². The van der Waals surface area contributed by atoms with Gasteiger partial charge in [0.05, 0.1) is 6.61 Å². The van der Waals surface area contributed by atoms with Gasteiger partial charge in [0, 0.05) is 18.2 Å². The highest BCUT2D eigenvalue weighted by Gasteiger charge is 2.42. The molecule has 0 radical (unpaired) electrons. The first kappa shape index (κ1) is 20.7. The SMILES string of the molecule is CC(CCc1ccc(C#CC#CCCO)cc1)(C(=O)NO)S(C)(=O)=O. The molecule has 0 aliphatic rings. The van der Waals surface area contributed by atoms with Gasteiger partial charge >= 0.3 is 0 Å². The van der Waals surface area contributed by atoms with Crippen molar-refractivity contribution in [1.82, 2.24) is 5.48 Å². The van der Waals surface area contributed by atoms with Gasteiger partial charge in [0.2, 0.25) is 0 Å². The lowest BCUT2D eigenvalue weighted by molar-refractivity contribution is -0.131. The molecule has 0 bridgehead atoms. The van der Waals surface area contributed by atoms with Crippen molar-refractivity contribution >= 4 is 15.7 Å². The second kappa shape index (κ2) is 9.24. The minimum Gasteiger partial charge on any atom is -0.395 e. The summed E-state index contributed by atoms with van der Waals surface area (Å²) in [7, 11) is -3.70. The van der Waals surface area contributed by atoms with Crippen LogP contribution in [0.4, 0.5) is 0 Å². The second-order valence-corrected chi connectivity index (χ2v) is 8.11. The van der Waals surface area contributed by atoms with Gasteiger partial charge in [0.25, 0.3) is 5.91 Å².